The van der Waals surface area contributed by atoms with Crippen LogP contribution in [0.5, 0.6) is 17.2 Å². The fraction of sp³-hybridized carbons (Fsp3) is 0.364. The zero-order chi connectivity index (χ0) is 32.9. The van der Waals surface area contributed by atoms with Gasteiger partial charge in [0.05, 0.1) is 13.3 Å². The second-order valence-electron chi connectivity index (χ2n) is 12.5. The summed E-state index contributed by atoms with van der Waals surface area (Å²) in [5, 5.41) is 17.5. The lowest BCUT2D eigenvalue weighted by molar-refractivity contribution is -0.121. The van der Waals surface area contributed by atoms with E-state index in [-0.39, 0.29) is 45.5 Å². The molecule has 0 radical (unpaired) electrons. The molecule has 0 unspecified atom stereocenters. The third kappa shape index (κ3) is 9.06. The minimum Gasteiger partial charge on any atom is -0.507 e. The van der Waals surface area contributed by atoms with Crippen LogP contribution in [-0.4, -0.2) is 38.7 Å². The summed E-state index contributed by atoms with van der Waals surface area (Å²) < 4.78 is 36.4. The van der Waals surface area contributed by atoms with Crippen molar-refractivity contribution in [2.75, 3.05) is 12.4 Å². The maximum atomic E-state index is 12.9. The lowest BCUT2D eigenvalue weighted by atomic mass is 9.78. The average Bonchev–Trinajstić information content (AvgIpc) is 2.91. The van der Waals surface area contributed by atoms with Gasteiger partial charge >= 0.3 is 10.1 Å². The third-order valence-corrected chi connectivity index (χ3v) is 7.93. The Bertz CT molecular complexity index is 1620. The van der Waals surface area contributed by atoms with Gasteiger partial charge in [-0.3, -0.25) is 9.59 Å². The number of aryl methyl sites for hydroxylation is 1. The number of ether oxygens (including phenoxy) is 1. The Labute approximate surface area is 259 Å². The molecule has 3 rings (SSSR count). The number of aromatic hydroxyl groups is 1. The summed E-state index contributed by atoms with van der Waals surface area (Å²) in [7, 11) is -2.84. The molecule has 3 aromatic rings. The molecule has 0 heterocycles. The quantitative estimate of drug-likeness (QED) is 0.147. The number of carbonyl (C=O) groups excluding carboxylic acids is 2. The highest BCUT2D eigenvalue weighted by molar-refractivity contribution is 7.87. The van der Waals surface area contributed by atoms with E-state index < -0.39 is 10.1 Å². The van der Waals surface area contributed by atoms with Crippen molar-refractivity contribution in [3.05, 3.63) is 76.9 Å². The van der Waals surface area contributed by atoms with Crippen LogP contribution >= 0.6 is 0 Å². The maximum Gasteiger partial charge on any atom is 0.339 e. The molecule has 0 saturated carbocycles. The molecule has 0 atom stereocenters. The smallest absolute Gasteiger partial charge is 0.339 e. The van der Waals surface area contributed by atoms with E-state index in [4.69, 9.17) is 8.92 Å². The molecule has 3 N–H and O–H groups in total. The first-order valence-electron chi connectivity index (χ1n) is 14.1. The summed E-state index contributed by atoms with van der Waals surface area (Å²) in [4.78, 5) is 23.7. The Hall–Kier alpha value is -4.38. The van der Waals surface area contributed by atoms with Crippen LogP contribution in [0.4, 0.5) is 5.69 Å². The van der Waals surface area contributed by atoms with Gasteiger partial charge in [-0.05, 0) is 82.0 Å². The van der Waals surface area contributed by atoms with Gasteiger partial charge in [-0.2, -0.15) is 13.5 Å². The molecule has 0 bridgehead atoms. The zero-order valence-corrected chi connectivity index (χ0v) is 27.3. The minimum absolute atomic E-state index is 0.0645. The average molecular weight is 624 g/mol. The maximum absolute atomic E-state index is 12.9. The summed E-state index contributed by atoms with van der Waals surface area (Å²) in [6.07, 6.45) is 2.00. The van der Waals surface area contributed by atoms with E-state index in [1.54, 1.807) is 6.07 Å². The SMILES string of the molecule is COc1ccc(/C=N\NC(=O)CCc2cc(C(C)(C)C)c(O)c(C(C)(C)C)c2)cc1OS(=O)(=O)c1ccc(NC(C)=O)cc1. The minimum atomic E-state index is -4.23. The molecule has 10 nitrogen and oxygen atoms in total. The van der Waals surface area contributed by atoms with E-state index in [1.165, 1.54) is 56.6 Å². The molecule has 0 fully saturated rings. The standard InChI is InChI=1S/C33H41N3O7S/c1-21(37)35-24-11-13-25(14-12-24)44(40,41)43-29-19-23(9-15-28(29)42-8)20-34-36-30(38)16-10-22-17-26(32(2,3)4)31(39)27(18-22)33(5,6)7/h9,11-15,17-20,39H,10,16H2,1-8H3,(H,35,37)(H,36,38)/b34-20-. The molecule has 11 heteroatoms. The lowest BCUT2D eigenvalue weighted by Gasteiger charge is -2.28. The topological polar surface area (TPSA) is 143 Å². The molecule has 236 valence electrons. The van der Waals surface area contributed by atoms with Gasteiger partial charge in [-0.1, -0.05) is 53.7 Å². The van der Waals surface area contributed by atoms with Gasteiger partial charge in [0.15, 0.2) is 11.5 Å². The van der Waals surface area contributed by atoms with Crippen molar-refractivity contribution in [1.29, 1.82) is 0 Å². The Kier molecular flexibility index (Phi) is 10.5. The van der Waals surface area contributed by atoms with Gasteiger partial charge < -0.3 is 19.3 Å². The molecule has 0 aliphatic heterocycles. The first kappa shape index (κ1) is 34.1. The van der Waals surface area contributed by atoms with Gasteiger partial charge in [0.1, 0.15) is 10.6 Å². The number of carbonyl (C=O) groups is 2. The van der Waals surface area contributed by atoms with Gasteiger partial charge in [0.2, 0.25) is 11.8 Å². The summed E-state index contributed by atoms with van der Waals surface area (Å²) in [6.45, 7) is 13.6. The summed E-state index contributed by atoms with van der Waals surface area (Å²) in [5.41, 5.74) is 5.47. The van der Waals surface area contributed by atoms with Crippen molar-refractivity contribution in [2.45, 2.75) is 77.0 Å². The van der Waals surface area contributed by atoms with E-state index in [0.717, 1.165) is 16.7 Å². The van der Waals surface area contributed by atoms with Gasteiger partial charge in [0, 0.05) is 19.0 Å². The Morgan fingerprint density at radius 1 is 0.909 bits per heavy atom. The number of methoxy groups -OCH3 is 1. The molecule has 0 aliphatic rings. The van der Waals surface area contributed by atoms with Crippen molar-refractivity contribution in [3.63, 3.8) is 0 Å². The highest BCUT2D eigenvalue weighted by atomic mass is 32.2. The van der Waals surface area contributed by atoms with Crippen molar-refractivity contribution in [2.24, 2.45) is 5.10 Å². The largest absolute Gasteiger partial charge is 0.507 e. The van der Waals surface area contributed by atoms with Crippen molar-refractivity contribution in [1.82, 2.24) is 5.43 Å². The number of hydrogen-bond acceptors (Lipinski definition) is 8. The van der Waals surface area contributed by atoms with Crippen LogP contribution in [0, 0.1) is 0 Å². The fourth-order valence-electron chi connectivity index (χ4n) is 4.39. The Balaban J connectivity index is 1.70. The second kappa shape index (κ2) is 13.5. The molecular formula is C33H41N3O7S. The molecule has 3 aromatic carbocycles. The number of hydrazone groups is 1. The van der Waals surface area contributed by atoms with Crippen LogP contribution in [0.15, 0.2) is 64.6 Å². The van der Waals surface area contributed by atoms with Crippen LogP contribution in [0.1, 0.15) is 77.1 Å². The number of phenols is 1. The van der Waals surface area contributed by atoms with Gasteiger partial charge in [0.25, 0.3) is 0 Å². The normalized spacial score (nSPS) is 12.2. The first-order valence-corrected chi connectivity index (χ1v) is 15.5. The van der Waals surface area contributed by atoms with E-state index >= 15 is 0 Å². The van der Waals surface area contributed by atoms with E-state index in [0.29, 0.717) is 23.4 Å². The van der Waals surface area contributed by atoms with Crippen molar-refractivity contribution >= 4 is 33.8 Å². The van der Waals surface area contributed by atoms with Crippen molar-refractivity contribution < 1.29 is 32.0 Å². The van der Waals surface area contributed by atoms with E-state index in [2.05, 4.69) is 15.8 Å². The number of rotatable bonds is 10. The molecule has 0 aliphatic carbocycles. The van der Waals surface area contributed by atoms with Crippen LogP contribution in [0.2, 0.25) is 0 Å². The molecular weight excluding hydrogens is 582 g/mol. The van der Waals surface area contributed by atoms with Crippen LogP contribution in [-0.2, 0) is 37.0 Å². The molecule has 2 amide bonds. The van der Waals surface area contributed by atoms with Gasteiger partial charge in [-0.25, -0.2) is 5.43 Å². The van der Waals surface area contributed by atoms with Crippen LogP contribution in [0.3, 0.4) is 0 Å². The summed E-state index contributed by atoms with van der Waals surface area (Å²) in [6, 6.07) is 14.0. The monoisotopic (exact) mass is 623 g/mol. The van der Waals surface area contributed by atoms with E-state index in [1.807, 2.05) is 53.7 Å². The Morgan fingerprint density at radius 3 is 2.02 bits per heavy atom. The first-order chi connectivity index (χ1) is 20.4. The predicted molar refractivity (Wildman–Crippen MR) is 171 cm³/mol. The number of amides is 2. The lowest BCUT2D eigenvalue weighted by Crippen LogP contribution is -2.20. The zero-order valence-electron chi connectivity index (χ0n) is 26.4. The van der Waals surface area contributed by atoms with E-state index in [9.17, 15) is 23.1 Å². The number of phenolic OH excluding ortho intramolecular Hbond substituents is 1. The Morgan fingerprint density at radius 2 is 1.50 bits per heavy atom. The number of nitrogens with one attached hydrogen (secondary N) is 2. The van der Waals surface area contributed by atoms with Gasteiger partial charge in [-0.15, -0.1) is 0 Å². The number of nitrogens with zero attached hydrogens (tertiary/aromatic N) is 1. The molecule has 44 heavy (non-hydrogen) atoms. The fourth-order valence-corrected chi connectivity index (χ4v) is 5.32. The highest BCUT2D eigenvalue weighted by Crippen LogP contribution is 2.40. The third-order valence-electron chi connectivity index (χ3n) is 6.68. The molecule has 0 saturated heterocycles. The second-order valence-corrected chi connectivity index (χ2v) is 14.0. The summed E-state index contributed by atoms with van der Waals surface area (Å²) >= 11 is 0. The number of hydrogen-bond donors (Lipinski definition) is 3. The highest BCUT2D eigenvalue weighted by Gasteiger charge is 2.26. The van der Waals surface area contributed by atoms with Crippen molar-refractivity contribution in [3.8, 4) is 17.2 Å². The molecule has 0 aromatic heterocycles. The predicted octanol–water partition coefficient (Wildman–Crippen LogP) is 5.80. The molecule has 0 spiro atoms. The van der Waals surface area contributed by atoms with Crippen LogP contribution < -0.4 is 19.7 Å². The van der Waals surface area contributed by atoms with Crippen LogP contribution in [0.25, 0.3) is 0 Å². The number of benzene rings is 3. The number of anilines is 1. The summed E-state index contributed by atoms with van der Waals surface area (Å²) in [5.74, 6) is -0.177.